The van der Waals surface area contributed by atoms with Crippen LogP contribution in [0.25, 0.3) is 0 Å². The van der Waals surface area contributed by atoms with Gasteiger partial charge in [0, 0.05) is 19.0 Å². The molecule has 2 aromatic rings. The Kier molecular flexibility index (Phi) is 7.23. The number of ether oxygens (including phenoxy) is 2. The summed E-state index contributed by atoms with van der Waals surface area (Å²) in [5, 5.41) is 3.05. The van der Waals surface area contributed by atoms with Crippen molar-refractivity contribution in [3.8, 4) is 11.5 Å². The van der Waals surface area contributed by atoms with E-state index in [-0.39, 0.29) is 22.8 Å². The zero-order valence-corrected chi connectivity index (χ0v) is 19.2. The van der Waals surface area contributed by atoms with Gasteiger partial charge < -0.3 is 14.8 Å². The van der Waals surface area contributed by atoms with Gasteiger partial charge in [-0.1, -0.05) is 18.2 Å². The maximum Gasteiger partial charge on any atom is 0.246 e. The molecule has 31 heavy (non-hydrogen) atoms. The molecule has 0 aliphatic carbocycles. The molecule has 7 nitrogen and oxygen atoms in total. The molecule has 0 unspecified atom stereocenters. The number of amides is 1. The lowest BCUT2D eigenvalue weighted by Gasteiger charge is -2.31. The minimum Gasteiger partial charge on any atom is -0.497 e. The molecular formula is C23H30N2O5S. The first-order valence-electron chi connectivity index (χ1n) is 10.4. The monoisotopic (exact) mass is 446 g/mol. The Morgan fingerprint density at radius 1 is 1.06 bits per heavy atom. The first-order chi connectivity index (χ1) is 14.8. The summed E-state index contributed by atoms with van der Waals surface area (Å²) in [6.07, 6.45) is 0.961. The van der Waals surface area contributed by atoms with E-state index in [1.165, 1.54) is 11.4 Å². The molecule has 1 atom stereocenters. The quantitative estimate of drug-likeness (QED) is 0.706. The van der Waals surface area contributed by atoms with Gasteiger partial charge in [-0.3, -0.25) is 4.79 Å². The Morgan fingerprint density at radius 3 is 2.29 bits per heavy atom. The van der Waals surface area contributed by atoms with Crippen molar-refractivity contribution in [3.63, 3.8) is 0 Å². The normalized spacial score (nSPS) is 16.5. The number of carbonyl (C=O) groups excluding carboxylic acids is 1. The lowest BCUT2D eigenvalue weighted by molar-refractivity contribution is -0.126. The van der Waals surface area contributed by atoms with E-state index in [0.29, 0.717) is 31.7 Å². The van der Waals surface area contributed by atoms with Gasteiger partial charge in [0.15, 0.2) is 0 Å². The Balaban J connectivity index is 1.62. The zero-order chi connectivity index (χ0) is 22.6. The number of rotatable bonds is 7. The number of nitrogens with one attached hydrogen (secondary N) is 1. The summed E-state index contributed by atoms with van der Waals surface area (Å²) in [7, 11) is -0.609. The first kappa shape index (κ1) is 23.1. The second-order valence-corrected chi connectivity index (χ2v) is 9.74. The number of hydrogen-bond donors (Lipinski definition) is 1. The van der Waals surface area contributed by atoms with Crippen LogP contribution in [0.1, 0.15) is 36.9 Å². The maximum atomic E-state index is 13.1. The van der Waals surface area contributed by atoms with Gasteiger partial charge in [0.2, 0.25) is 15.9 Å². The Labute approximate surface area is 184 Å². The number of aryl methyl sites for hydroxylation is 1. The molecule has 1 aliphatic rings. The van der Waals surface area contributed by atoms with Crippen molar-refractivity contribution < 1.29 is 22.7 Å². The lowest BCUT2D eigenvalue weighted by atomic mass is 9.96. The fourth-order valence-electron chi connectivity index (χ4n) is 3.79. The highest BCUT2D eigenvalue weighted by atomic mass is 32.2. The van der Waals surface area contributed by atoms with E-state index in [4.69, 9.17) is 9.47 Å². The number of nitrogens with zero attached hydrogens (tertiary/aromatic N) is 1. The fourth-order valence-corrected chi connectivity index (χ4v) is 5.50. The number of hydrogen-bond acceptors (Lipinski definition) is 5. The average molecular weight is 447 g/mol. The van der Waals surface area contributed by atoms with Crippen LogP contribution in [-0.2, 0) is 14.8 Å². The minimum absolute atomic E-state index is 0.0477. The predicted molar refractivity (Wildman–Crippen MR) is 119 cm³/mol. The molecule has 1 saturated heterocycles. The molecule has 0 aromatic heterocycles. The van der Waals surface area contributed by atoms with Crippen LogP contribution >= 0.6 is 0 Å². The van der Waals surface area contributed by atoms with Crippen LogP contribution in [0.4, 0.5) is 0 Å². The summed E-state index contributed by atoms with van der Waals surface area (Å²) < 4.78 is 38.2. The van der Waals surface area contributed by atoms with E-state index in [0.717, 1.165) is 16.9 Å². The standard InChI is InChI=1S/C23H30N2O5S/c1-16-5-10-21(30-4)22(15-16)31(27,28)25-13-11-19(12-14-25)23(26)24-17(2)18-6-8-20(29-3)9-7-18/h5-10,15,17,19H,11-14H2,1-4H3,(H,24,26)/t17-/m1/s1. The molecular weight excluding hydrogens is 416 g/mol. The number of piperidine rings is 1. The largest absolute Gasteiger partial charge is 0.497 e. The fraction of sp³-hybridized carbons (Fsp3) is 0.435. The number of benzene rings is 2. The SMILES string of the molecule is COc1ccc([C@@H](C)NC(=O)C2CCN(S(=O)(=O)c3cc(C)ccc3OC)CC2)cc1. The molecule has 1 N–H and O–H groups in total. The van der Waals surface area contributed by atoms with E-state index in [1.54, 1.807) is 19.2 Å². The number of sulfonamides is 1. The molecule has 0 bridgehead atoms. The van der Waals surface area contributed by atoms with Gasteiger partial charge in [0.05, 0.1) is 20.3 Å². The van der Waals surface area contributed by atoms with Gasteiger partial charge in [-0.2, -0.15) is 4.31 Å². The molecule has 8 heteroatoms. The number of carbonyl (C=O) groups is 1. The highest BCUT2D eigenvalue weighted by molar-refractivity contribution is 7.89. The smallest absolute Gasteiger partial charge is 0.246 e. The first-order valence-corrected chi connectivity index (χ1v) is 11.8. The van der Waals surface area contributed by atoms with Crippen molar-refractivity contribution in [1.29, 1.82) is 0 Å². The molecule has 0 spiro atoms. The van der Waals surface area contributed by atoms with E-state index in [1.807, 2.05) is 44.2 Å². The van der Waals surface area contributed by atoms with Crippen LogP contribution in [0.3, 0.4) is 0 Å². The molecule has 3 rings (SSSR count). The summed E-state index contributed by atoms with van der Waals surface area (Å²) in [5.41, 5.74) is 1.84. The van der Waals surface area contributed by atoms with Crippen LogP contribution in [-0.4, -0.2) is 45.9 Å². The van der Waals surface area contributed by atoms with Crippen molar-refractivity contribution in [2.75, 3.05) is 27.3 Å². The van der Waals surface area contributed by atoms with Gasteiger partial charge >= 0.3 is 0 Å². The van der Waals surface area contributed by atoms with Crippen LogP contribution in [0.15, 0.2) is 47.4 Å². The van der Waals surface area contributed by atoms with Crippen molar-refractivity contribution in [3.05, 3.63) is 53.6 Å². The Hall–Kier alpha value is -2.58. The molecule has 2 aromatic carbocycles. The average Bonchev–Trinajstić information content (AvgIpc) is 2.79. The van der Waals surface area contributed by atoms with Crippen LogP contribution in [0.2, 0.25) is 0 Å². The molecule has 0 radical (unpaired) electrons. The summed E-state index contributed by atoms with van der Waals surface area (Å²) in [4.78, 5) is 12.9. The third-order valence-electron chi connectivity index (χ3n) is 5.74. The molecule has 1 aliphatic heterocycles. The topological polar surface area (TPSA) is 84.9 Å². The highest BCUT2D eigenvalue weighted by Crippen LogP contribution is 2.30. The summed E-state index contributed by atoms with van der Waals surface area (Å²) in [6.45, 7) is 4.38. The van der Waals surface area contributed by atoms with Crippen molar-refractivity contribution in [2.24, 2.45) is 5.92 Å². The van der Waals surface area contributed by atoms with Gasteiger partial charge in [0.25, 0.3) is 0 Å². The van der Waals surface area contributed by atoms with Crippen LogP contribution in [0.5, 0.6) is 11.5 Å². The highest BCUT2D eigenvalue weighted by Gasteiger charge is 2.34. The Bertz CT molecular complexity index is 1010. The second-order valence-electron chi connectivity index (χ2n) is 7.84. The number of methoxy groups -OCH3 is 2. The summed E-state index contributed by atoms with van der Waals surface area (Å²) in [6, 6.07) is 12.5. The van der Waals surface area contributed by atoms with E-state index >= 15 is 0 Å². The third-order valence-corrected chi connectivity index (χ3v) is 7.66. The van der Waals surface area contributed by atoms with Crippen molar-refractivity contribution in [1.82, 2.24) is 9.62 Å². The molecule has 1 heterocycles. The summed E-state index contributed by atoms with van der Waals surface area (Å²) in [5.74, 6) is 0.833. The minimum atomic E-state index is -3.68. The Morgan fingerprint density at radius 2 is 1.71 bits per heavy atom. The molecule has 1 fully saturated rings. The van der Waals surface area contributed by atoms with E-state index in [2.05, 4.69) is 5.32 Å². The van der Waals surface area contributed by atoms with Crippen molar-refractivity contribution >= 4 is 15.9 Å². The molecule has 168 valence electrons. The maximum absolute atomic E-state index is 13.1. The van der Waals surface area contributed by atoms with Crippen LogP contribution in [0, 0.1) is 12.8 Å². The van der Waals surface area contributed by atoms with E-state index in [9.17, 15) is 13.2 Å². The molecule has 1 amide bonds. The van der Waals surface area contributed by atoms with Crippen molar-refractivity contribution in [2.45, 2.75) is 37.6 Å². The van der Waals surface area contributed by atoms with Gasteiger partial charge in [-0.15, -0.1) is 0 Å². The third kappa shape index (κ3) is 5.19. The molecule has 0 saturated carbocycles. The second kappa shape index (κ2) is 9.70. The van der Waals surface area contributed by atoms with Gasteiger partial charge in [-0.05, 0) is 62.1 Å². The predicted octanol–water partition coefficient (Wildman–Crippen LogP) is 3.29. The van der Waals surface area contributed by atoms with E-state index < -0.39 is 10.0 Å². The zero-order valence-electron chi connectivity index (χ0n) is 18.4. The van der Waals surface area contributed by atoms with Crippen LogP contribution < -0.4 is 14.8 Å². The lowest BCUT2D eigenvalue weighted by Crippen LogP contribution is -2.43. The summed E-state index contributed by atoms with van der Waals surface area (Å²) >= 11 is 0. The van der Waals surface area contributed by atoms with Gasteiger partial charge in [0.1, 0.15) is 16.4 Å². The van der Waals surface area contributed by atoms with Gasteiger partial charge in [-0.25, -0.2) is 8.42 Å².